The van der Waals surface area contributed by atoms with Crippen LogP contribution in [-0.2, 0) is 19.1 Å². The van der Waals surface area contributed by atoms with Gasteiger partial charge in [0, 0.05) is 17.0 Å². The third-order valence-electron chi connectivity index (χ3n) is 7.34. The standard InChI is InChI=1S/C33H24N6O6/c1-43-32(41)27-26(19-9-5-3-6-10-19)23(17-34)29(35)39(28(27)33(42)44-2)22-14-13-21-15-24(31(40)45-25(21)16-22)38-18-36-30(37-38)20-11-7-4-8-12-20/h3-16,18,26H,35H2,1-2H3. The molecule has 1 atom stereocenters. The maximum absolute atomic E-state index is 13.3. The van der Waals surface area contributed by atoms with Crippen LogP contribution in [0.5, 0.6) is 0 Å². The van der Waals surface area contributed by atoms with Gasteiger partial charge in [-0.15, -0.1) is 5.10 Å². The van der Waals surface area contributed by atoms with E-state index in [0.29, 0.717) is 16.8 Å². The number of aromatic nitrogens is 3. The SMILES string of the molecule is COC(=O)C1=C(C(=O)OC)N(c2ccc3cc(-n4cnc(-c5ccccc5)n4)c(=O)oc3c2)C(N)=C(C#N)C1c1ccccc1. The fourth-order valence-corrected chi connectivity index (χ4v) is 5.27. The molecular weight excluding hydrogens is 576 g/mol. The zero-order valence-corrected chi connectivity index (χ0v) is 24.0. The van der Waals surface area contributed by atoms with Gasteiger partial charge < -0.3 is 19.6 Å². The maximum atomic E-state index is 13.3. The molecule has 0 radical (unpaired) electrons. The smallest absolute Gasteiger partial charge is 0.362 e. The van der Waals surface area contributed by atoms with Crippen LogP contribution in [0.2, 0.25) is 0 Å². The molecule has 0 saturated heterocycles. The number of nitrogens with two attached hydrogens (primary N) is 1. The van der Waals surface area contributed by atoms with E-state index in [1.165, 1.54) is 29.1 Å². The highest BCUT2D eigenvalue weighted by molar-refractivity contribution is 6.06. The van der Waals surface area contributed by atoms with Gasteiger partial charge in [0.1, 0.15) is 23.4 Å². The number of methoxy groups -OCH3 is 2. The van der Waals surface area contributed by atoms with E-state index in [9.17, 15) is 19.6 Å². The lowest BCUT2D eigenvalue weighted by Crippen LogP contribution is -2.40. The molecule has 0 fully saturated rings. The fraction of sp³-hybridized carbons (Fsp3) is 0.0909. The van der Waals surface area contributed by atoms with E-state index in [4.69, 9.17) is 19.6 Å². The Labute approximate surface area is 255 Å². The van der Waals surface area contributed by atoms with Crippen LogP contribution >= 0.6 is 0 Å². The summed E-state index contributed by atoms with van der Waals surface area (Å²) in [5, 5.41) is 15.2. The molecule has 1 aliphatic rings. The molecule has 0 aliphatic carbocycles. The number of rotatable bonds is 6. The normalized spacial score (nSPS) is 14.8. The second-order valence-corrected chi connectivity index (χ2v) is 9.86. The summed E-state index contributed by atoms with van der Waals surface area (Å²) in [5.74, 6) is -2.45. The average molecular weight is 601 g/mol. The minimum absolute atomic E-state index is 0.00607. The lowest BCUT2D eigenvalue weighted by atomic mass is 9.81. The van der Waals surface area contributed by atoms with E-state index >= 15 is 0 Å². The number of esters is 2. The summed E-state index contributed by atoms with van der Waals surface area (Å²) in [5.41, 5.74) is 7.32. The van der Waals surface area contributed by atoms with Crippen LogP contribution in [-0.4, -0.2) is 40.9 Å². The van der Waals surface area contributed by atoms with Crippen molar-refractivity contribution in [2.24, 2.45) is 5.73 Å². The molecule has 0 bridgehead atoms. The molecule has 3 heterocycles. The highest BCUT2D eigenvalue weighted by atomic mass is 16.5. The zero-order valence-electron chi connectivity index (χ0n) is 24.0. The molecule has 12 heteroatoms. The van der Waals surface area contributed by atoms with E-state index in [2.05, 4.69) is 16.2 Å². The van der Waals surface area contributed by atoms with Crippen molar-refractivity contribution < 1.29 is 23.5 Å². The summed E-state index contributed by atoms with van der Waals surface area (Å²) in [6.45, 7) is 0. The lowest BCUT2D eigenvalue weighted by molar-refractivity contribution is -0.139. The molecule has 45 heavy (non-hydrogen) atoms. The second-order valence-electron chi connectivity index (χ2n) is 9.86. The van der Waals surface area contributed by atoms with Crippen LogP contribution in [0.25, 0.3) is 28.0 Å². The van der Waals surface area contributed by atoms with Gasteiger partial charge in [-0.1, -0.05) is 60.7 Å². The van der Waals surface area contributed by atoms with E-state index in [0.717, 1.165) is 12.7 Å². The molecule has 5 aromatic rings. The molecule has 1 aliphatic heterocycles. The molecule has 3 aromatic carbocycles. The number of anilines is 1. The number of fused-ring (bicyclic) bond motifs is 1. The minimum atomic E-state index is -1.02. The van der Waals surface area contributed by atoms with Gasteiger partial charge in [-0.2, -0.15) is 5.26 Å². The molecule has 0 amide bonds. The summed E-state index contributed by atoms with van der Waals surface area (Å²) in [6.07, 6.45) is 1.42. The van der Waals surface area contributed by atoms with E-state index in [1.54, 1.807) is 48.5 Å². The van der Waals surface area contributed by atoms with E-state index in [-0.39, 0.29) is 39.6 Å². The molecule has 222 valence electrons. The summed E-state index contributed by atoms with van der Waals surface area (Å²) >= 11 is 0. The Bertz CT molecular complexity index is 2130. The largest absolute Gasteiger partial charge is 0.466 e. The molecule has 2 aromatic heterocycles. The number of carbonyl (C=O) groups is 2. The highest BCUT2D eigenvalue weighted by Crippen LogP contribution is 2.43. The molecular formula is C33H24N6O6. The summed E-state index contributed by atoms with van der Waals surface area (Å²) in [4.78, 5) is 45.3. The van der Waals surface area contributed by atoms with Crippen LogP contribution in [0.1, 0.15) is 11.5 Å². The maximum Gasteiger partial charge on any atom is 0.362 e. The van der Waals surface area contributed by atoms with Crippen molar-refractivity contribution in [1.29, 1.82) is 5.26 Å². The predicted molar refractivity (Wildman–Crippen MR) is 162 cm³/mol. The number of carbonyl (C=O) groups excluding carboxylic acids is 2. The third-order valence-corrected chi connectivity index (χ3v) is 7.34. The molecule has 6 rings (SSSR count). The number of nitrogens with zero attached hydrogens (tertiary/aromatic N) is 5. The van der Waals surface area contributed by atoms with Crippen molar-refractivity contribution in [3.8, 4) is 23.1 Å². The van der Waals surface area contributed by atoms with E-state index in [1.807, 2.05) is 30.3 Å². The van der Waals surface area contributed by atoms with Crippen molar-refractivity contribution >= 4 is 28.6 Å². The van der Waals surface area contributed by atoms with Crippen LogP contribution < -0.4 is 16.3 Å². The Morgan fingerprint density at radius 1 is 0.956 bits per heavy atom. The molecule has 1 unspecified atom stereocenters. The Hall–Kier alpha value is -6.48. The van der Waals surface area contributed by atoms with Crippen LogP contribution in [0.3, 0.4) is 0 Å². The first-order valence-electron chi connectivity index (χ1n) is 13.6. The van der Waals surface area contributed by atoms with Gasteiger partial charge in [0.15, 0.2) is 11.5 Å². The average Bonchev–Trinajstić information content (AvgIpc) is 3.57. The summed E-state index contributed by atoms with van der Waals surface area (Å²) < 4.78 is 17.2. The van der Waals surface area contributed by atoms with Gasteiger partial charge in [-0.05, 0) is 23.8 Å². The van der Waals surface area contributed by atoms with Crippen LogP contribution in [0.15, 0.2) is 123 Å². The van der Waals surface area contributed by atoms with Gasteiger partial charge in [0.05, 0.1) is 43.0 Å². The zero-order chi connectivity index (χ0) is 31.7. The quantitative estimate of drug-likeness (QED) is 0.221. The van der Waals surface area contributed by atoms with Crippen LogP contribution in [0, 0.1) is 11.3 Å². The summed E-state index contributed by atoms with van der Waals surface area (Å²) in [6, 6.07) is 26.4. The molecule has 0 saturated carbocycles. The van der Waals surface area contributed by atoms with Crippen LogP contribution in [0.4, 0.5) is 5.69 Å². The molecule has 0 spiro atoms. The van der Waals surface area contributed by atoms with Crippen molar-refractivity contribution in [1.82, 2.24) is 14.8 Å². The number of hydrogen-bond donors (Lipinski definition) is 1. The second kappa shape index (κ2) is 11.7. The monoisotopic (exact) mass is 600 g/mol. The van der Waals surface area contributed by atoms with Crippen molar-refractivity contribution in [3.05, 3.63) is 130 Å². The van der Waals surface area contributed by atoms with Crippen molar-refractivity contribution in [3.63, 3.8) is 0 Å². The minimum Gasteiger partial charge on any atom is -0.466 e. The lowest BCUT2D eigenvalue weighted by Gasteiger charge is -2.35. The first-order valence-corrected chi connectivity index (χ1v) is 13.6. The number of ether oxygens (including phenoxy) is 2. The highest BCUT2D eigenvalue weighted by Gasteiger charge is 2.43. The Morgan fingerprint density at radius 2 is 1.64 bits per heavy atom. The Balaban J connectivity index is 1.50. The number of benzene rings is 3. The summed E-state index contributed by atoms with van der Waals surface area (Å²) in [7, 11) is 2.33. The number of hydrogen-bond acceptors (Lipinski definition) is 11. The van der Waals surface area contributed by atoms with Gasteiger partial charge in [-0.3, -0.25) is 4.90 Å². The number of allylic oxidation sites excluding steroid dienone is 1. The third kappa shape index (κ3) is 4.98. The van der Waals surface area contributed by atoms with Gasteiger partial charge >= 0.3 is 17.6 Å². The topological polar surface area (TPSA) is 167 Å². The van der Waals surface area contributed by atoms with Crippen molar-refractivity contribution in [2.75, 3.05) is 19.1 Å². The first-order chi connectivity index (χ1) is 21.9. The van der Waals surface area contributed by atoms with Gasteiger partial charge in [0.25, 0.3) is 0 Å². The Kier molecular flexibility index (Phi) is 7.42. The predicted octanol–water partition coefficient (Wildman–Crippen LogP) is 3.94. The van der Waals surface area contributed by atoms with Crippen molar-refractivity contribution in [2.45, 2.75) is 5.92 Å². The Morgan fingerprint density at radius 3 is 2.31 bits per heavy atom. The molecule has 12 nitrogen and oxygen atoms in total. The fourth-order valence-electron chi connectivity index (χ4n) is 5.27. The molecule has 2 N–H and O–H groups in total. The van der Waals surface area contributed by atoms with Gasteiger partial charge in [0.2, 0.25) is 0 Å². The van der Waals surface area contributed by atoms with Gasteiger partial charge in [-0.25, -0.2) is 24.0 Å². The van der Waals surface area contributed by atoms with E-state index < -0.39 is 23.5 Å². The number of nitriles is 1. The first kappa shape index (κ1) is 28.6.